The summed E-state index contributed by atoms with van der Waals surface area (Å²) in [6.45, 7) is 13.2. The minimum Gasteiger partial charge on any atom is -0.459 e. The molecule has 3 atom stereocenters. The number of anilines is 2. The number of carbonyl (C=O) groups is 1. The Balaban J connectivity index is 1.44. The number of nitrogen functional groups attached to an aromatic ring is 1. The maximum atomic E-state index is 15.0. The molecular weight excluding hydrogens is 633 g/mol. The molecule has 3 aromatic heterocycles. The molecule has 3 aliphatic rings. The lowest BCUT2D eigenvalue weighted by molar-refractivity contribution is 0.112. The topological polar surface area (TPSA) is 126 Å². The molecule has 0 radical (unpaired) electrons. The molecule has 3 N–H and O–H groups in total. The van der Waals surface area contributed by atoms with Gasteiger partial charge < -0.3 is 30.2 Å². The largest absolute Gasteiger partial charge is 0.459 e. The first-order chi connectivity index (χ1) is 23.2. The van der Waals surface area contributed by atoms with Crippen molar-refractivity contribution < 1.29 is 13.9 Å². The Hall–Kier alpha value is -4.48. The molecule has 1 aromatic carbocycles. The SMILES string of the molecule is [C-]#[N+]c1c(N)sc2c(F)ccc(-c3cc4nc(O[C@@H](C)[C@@H]5CCCN5C)nc5c4n(c3=O)CCCCN5C3CCCN(C(=O)NC)C3)c12. The van der Waals surface area contributed by atoms with Gasteiger partial charge in [0.1, 0.15) is 17.4 Å². The van der Waals surface area contributed by atoms with Crippen LogP contribution in [-0.4, -0.2) is 88.8 Å². The highest BCUT2D eigenvalue weighted by molar-refractivity contribution is 7.23. The van der Waals surface area contributed by atoms with E-state index in [0.717, 1.165) is 56.4 Å². The molecule has 0 spiro atoms. The summed E-state index contributed by atoms with van der Waals surface area (Å²) in [6.07, 6.45) is 5.18. The second-order valence-corrected chi connectivity index (χ2v) is 14.1. The summed E-state index contributed by atoms with van der Waals surface area (Å²) < 4.78 is 23.5. The van der Waals surface area contributed by atoms with Crippen molar-refractivity contribution in [3.8, 4) is 17.1 Å². The molecule has 12 nitrogen and oxygen atoms in total. The van der Waals surface area contributed by atoms with Crippen molar-refractivity contribution >= 4 is 55.0 Å². The highest BCUT2D eigenvalue weighted by Gasteiger charge is 2.34. The molecule has 2 saturated heterocycles. The molecule has 2 fully saturated rings. The van der Waals surface area contributed by atoms with E-state index >= 15 is 4.39 Å². The summed E-state index contributed by atoms with van der Waals surface area (Å²) in [6, 6.07) is 4.90. The number of carbonyl (C=O) groups excluding carboxylic acids is 1. The molecule has 3 aliphatic heterocycles. The van der Waals surface area contributed by atoms with Gasteiger partial charge >= 0.3 is 12.0 Å². The maximum absolute atomic E-state index is 15.0. The number of ether oxygens (including phenoxy) is 1. The molecule has 0 saturated carbocycles. The number of fused-ring (bicyclic) bond motifs is 1. The van der Waals surface area contributed by atoms with E-state index in [4.69, 9.17) is 27.0 Å². The zero-order chi connectivity index (χ0) is 33.7. The Morgan fingerprint density at radius 2 is 1.94 bits per heavy atom. The van der Waals surface area contributed by atoms with Crippen molar-refractivity contribution in [3.05, 3.63) is 45.8 Å². The zero-order valence-electron chi connectivity index (χ0n) is 27.5. The van der Waals surface area contributed by atoms with Crippen LogP contribution < -0.4 is 26.2 Å². The molecule has 6 heterocycles. The first-order valence-corrected chi connectivity index (χ1v) is 17.5. The molecule has 7 rings (SSSR count). The van der Waals surface area contributed by atoms with Crippen molar-refractivity contribution in [2.75, 3.05) is 50.9 Å². The van der Waals surface area contributed by atoms with Crippen molar-refractivity contribution in [1.29, 1.82) is 0 Å². The van der Waals surface area contributed by atoms with Crippen molar-refractivity contribution in [2.24, 2.45) is 0 Å². The predicted molar refractivity (Wildman–Crippen MR) is 187 cm³/mol. The van der Waals surface area contributed by atoms with Crippen molar-refractivity contribution in [2.45, 2.75) is 70.2 Å². The van der Waals surface area contributed by atoms with Crippen LogP contribution in [0.15, 0.2) is 23.0 Å². The average molecular weight is 674 g/mol. The smallest absolute Gasteiger partial charge is 0.319 e. The Labute approximate surface area is 282 Å². The maximum Gasteiger partial charge on any atom is 0.319 e. The number of amides is 2. The number of thiophene rings is 1. The third-order valence-corrected chi connectivity index (χ3v) is 11.2. The molecular formula is C34H40FN9O3S. The summed E-state index contributed by atoms with van der Waals surface area (Å²) in [4.78, 5) is 47.1. The number of nitrogens with zero attached hydrogens (tertiary/aromatic N) is 7. The Morgan fingerprint density at radius 3 is 2.69 bits per heavy atom. The molecule has 252 valence electrons. The van der Waals surface area contributed by atoms with E-state index in [-0.39, 0.29) is 51.2 Å². The van der Waals surface area contributed by atoms with Crippen molar-refractivity contribution in [1.82, 2.24) is 29.7 Å². The van der Waals surface area contributed by atoms with Crippen LogP contribution >= 0.6 is 11.3 Å². The van der Waals surface area contributed by atoms with Gasteiger partial charge in [0, 0.05) is 56.3 Å². The quantitative estimate of drug-likeness (QED) is 0.277. The number of piperidine rings is 1. The summed E-state index contributed by atoms with van der Waals surface area (Å²) in [5, 5.41) is 3.30. The third kappa shape index (κ3) is 5.48. The van der Waals surface area contributed by atoms with Crippen molar-refractivity contribution in [3.63, 3.8) is 0 Å². The first kappa shape index (κ1) is 32.1. The van der Waals surface area contributed by atoms with E-state index in [1.165, 1.54) is 6.07 Å². The molecule has 4 aromatic rings. The van der Waals surface area contributed by atoms with Gasteiger partial charge in [-0.25, -0.2) is 14.0 Å². The summed E-state index contributed by atoms with van der Waals surface area (Å²) >= 11 is 1.01. The summed E-state index contributed by atoms with van der Waals surface area (Å²) in [5.74, 6) is 0.121. The molecule has 48 heavy (non-hydrogen) atoms. The van der Waals surface area contributed by atoms with Crippen LogP contribution in [0.5, 0.6) is 6.01 Å². The van der Waals surface area contributed by atoms with Gasteiger partial charge in [0.05, 0.1) is 21.8 Å². The highest BCUT2D eigenvalue weighted by atomic mass is 32.1. The van der Waals surface area contributed by atoms with Crippen LogP contribution in [0, 0.1) is 12.4 Å². The van der Waals surface area contributed by atoms with Gasteiger partial charge in [0.25, 0.3) is 5.56 Å². The van der Waals surface area contributed by atoms with E-state index < -0.39 is 5.82 Å². The van der Waals surface area contributed by atoms with E-state index in [1.807, 2.05) is 11.8 Å². The highest BCUT2D eigenvalue weighted by Crippen LogP contribution is 2.46. The van der Waals surface area contributed by atoms with Crippen LogP contribution in [0.2, 0.25) is 0 Å². The number of rotatable bonds is 5. The predicted octanol–water partition coefficient (Wildman–Crippen LogP) is 5.21. The van der Waals surface area contributed by atoms with Gasteiger partial charge in [-0.1, -0.05) is 6.07 Å². The third-order valence-electron chi connectivity index (χ3n) is 10.1. The fourth-order valence-electron chi connectivity index (χ4n) is 7.75. The second kappa shape index (κ2) is 12.9. The minimum atomic E-state index is -0.490. The van der Waals surface area contributed by atoms with E-state index in [1.54, 1.807) is 23.7 Å². The van der Waals surface area contributed by atoms with Crippen LogP contribution in [0.4, 0.5) is 25.7 Å². The van der Waals surface area contributed by atoms with Crippen LogP contribution in [0.25, 0.3) is 37.1 Å². The Kier molecular flexibility index (Phi) is 8.59. The number of nitrogens with two attached hydrogens (primary N) is 1. The number of aromatic nitrogens is 3. The first-order valence-electron chi connectivity index (χ1n) is 16.6. The molecule has 0 aliphatic carbocycles. The normalized spacial score (nSPS) is 20.8. The lowest BCUT2D eigenvalue weighted by Crippen LogP contribution is -2.52. The van der Waals surface area contributed by atoms with Crippen LogP contribution in [0.1, 0.15) is 45.4 Å². The fraction of sp³-hybridized carbons (Fsp3) is 0.500. The Morgan fingerprint density at radius 1 is 1.15 bits per heavy atom. The molecule has 0 bridgehead atoms. The second-order valence-electron chi connectivity index (χ2n) is 13.0. The number of hydrogen-bond acceptors (Lipinski definition) is 9. The van der Waals surface area contributed by atoms with Gasteiger partial charge in [-0.05, 0) is 76.7 Å². The number of likely N-dealkylation sites (N-methyl/N-ethyl adjacent to an activating group) is 1. The fourth-order valence-corrected chi connectivity index (χ4v) is 8.69. The van der Waals surface area contributed by atoms with Crippen LogP contribution in [0.3, 0.4) is 0 Å². The van der Waals surface area contributed by atoms with E-state index in [0.29, 0.717) is 59.5 Å². The monoisotopic (exact) mass is 673 g/mol. The van der Waals surface area contributed by atoms with Gasteiger partial charge in [0.15, 0.2) is 5.82 Å². The average Bonchev–Trinajstić information content (AvgIpc) is 3.66. The van der Waals surface area contributed by atoms with Gasteiger partial charge in [0.2, 0.25) is 5.69 Å². The van der Waals surface area contributed by atoms with E-state index in [9.17, 15) is 9.59 Å². The minimum absolute atomic E-state index is 0.0200. The molecule has 1 unspecified atom stereocenters. The number of aryl methyl sites for hydroxylation is 1. The number of urea groups is 1. The van der Waals surface area contributed by atoms with Crippen LogP contribution in [-0.2, 0) is 6.54 Å². The van der Waals surface area contributed by atoms with Gasteiger partial charge in [-0.15, -0.1) is 11.3 Å². The number of halogens is 1. The zero-order valence-corrected chi connectivity index (χ0v) is 28.3. The van der Waals surface area contributed by atoms with Gasteiger partial charge in [-0.3, -0.25) is 9.69 Å². The number of likely N-dealkylation sites (tertiary alicyclic amines) is 2. The lowest BCUT2D eigenvalue weighted by atomic mass is 10.00. The lowest BCUT2D eigenvalue weighted by Gasteiger charge is -2.41. The van der Waals surface area contributed by atoms with E-state index in [2.05, 4.69) is 27.0 Å². The summed E-state index contributed by atoms with van der Waals surface area (Å²) in [5.41, 5.74) is 7.91. The number of pyridine rings is 1. The summed E-state index contributed by atoms with van der Waals surface area (Å²) in [7, 11) is 3.74. The molecule has 14 heteroatoms. The molecule has 2 amide bonds. The number of nitrogens with one attached hydrogen (secondary N) is 1. The Bertz CT molecular complexity index is 2010. The van der Waals surface area contributed by atoms with Gasteiger partial charge in [-0.2, -0.15) is 9.97 Å². The number of hydrogen-bond donors (Lipinski definition) is 2. The number of benzene rings is 1. The standard InChI is InChI=1S/C34H40FN9O3S/c1-19(25-10-8-13-41(25)4)47-33-39-24-17-22(21-11-12-23(35)29-26(21)27(37-2)30(36)48-29)32(45)44-16-6-5-15-43(31(40-33)28(24)44)20-9-7-14-42(18-20)34(46)38-3/h11-12,17,19-20,25H,5-10,13-16,18,36H2,1,3-4H3,(H,38,46)/t19-,20?,25-/m0/s1.